The number of anilines is 2. The lowest BCUT2D eigenvalue weighted by Gasteiger charge is -2.14. The summed E-state index contributed by atoms with van der Waals surface area (Å²) in [5.74, 6) is -0.0921. The highest BCUT2D eigenvalue weighted by Crippen LogP contribution is 2.33. The van der Waals surface area contributed by atoms with E-state index in [1.165, 1.54) is 6.20 Å². The van der Waals surface area contributed by atoms with Gasteiger partial charge in [-0.15, -0.1) is 11.8 Å². The molecular weight excluding hydrogens is 421 g/mol. The molecule has 2 N–H and O–H groups in total. The Hall–Kier alpha value is -1.81. The number of nitrogens with zero attached hydrogens (tertiary/aromatic N) is 2. The molecule has 0 unspecified atom stereocenters. The second-order valence-electron chi connectivity index (χ2n) is 4.76. The molecule has 0 atom stereocenters. The van der Waals surface area contributed by atoms with E-state index >= 15 is 0 Å². The number of carbonyl (C=O) groups is 1. The summed E-state index contributed by atoms with van der Waals surface area (Å²) in [6.45, 7) is 1.78. The molecule has 0 saturated carbocycles. The molecule has 2 rings (SSSR count). The van der Waals surface area contributed by atoms with Crippen molar-refractivity contribution < 1.29 is 18.0 Å². The van der Waals surface area contributed by atoms with Crippen molar-refractivity contribution in [1.82, 2.24) is 9.97 Å². The number of hydrogen-bond acceptors (Lipinski definition) is 5. The summed E-state index contributed by atoms with van der Waals surface area (Å²) < 4.78 is 39.1. The summed E-state index contributed by atoms with van der Waals surface area (Å²) >= 11 is 4.33. The Bertz CT molecular complexity index is 786. The molecule has 0 aromatic carbocycles. The Morgan fingerprint density at radius 1 is 1.24 bits per heavy atom. The van der Waals surface area contributed by atoms with Crippen molar-refractivity contribution in [3.63, 3.8) is 0 Å². The Balaban J connectivity index is 2.37. The fourth-order valence-electron chi connectivity index (χ4n) is 1.95. The molecule has 5 nitrogen and oxygen atoms in total. The first kappa shape index (κ1) is 19.5. The molecule has 2 aromatic heterocycles. The molecule has 0 aliphatic rings. The van der Waals surface area contributed by atoms with E-state index in [0.29, 0.717) is 27.9 Å². The second kappa shape index (κ2) is 8.05. The SMILES string of the molecule is CCSc1cc(C(F)(F)F)cnc1C(=O)Nc1cc(Br)ncc1NC. The molecule has 1 amide bonds. The molecule has 2 aromatic rings. The summed E-state index contributed by atoms with van der Waals surface area (Å²) in [5, 5.41) is 5.52. The van der Waals surface area contributed by atoms with Crippen LogP contribution in [0.3, 0.4) is 0 Å². The monoisotopic (exact) mass is 434 g/mol. The second-order valence-corrected chi connectivity index (χ2v) is 6.88. The average Bonchev–Trinajstić information content (AvgIpc) is 2.54. The first-order valence-electron chi connectivity index (χ1n) is 7.11. The number of aromatic nitrogens is 2. The van der Waals surface area contributed by atoms with E-state index in [-0.39, 0.29) is 10.6 Å². The van der Waals surface area contributed by atoms with E-state index in [1.54, 1.807) is 20.0 Å². The Morgan fingerprint density at radius 3 is 2.56 bits per heavy atom. The van der Waals surface area contributed by atoms with Crippen LogP contribution >= 0.6 is 27.7 Å². The number of rotatable bonds is 5. The standard InChI is InChI=1S/C15H14BrF3N4OS/c1-3-25-11-4-8(15(17,18)19)6-22-13(11)14(24)23-9-5-12(16)21-7-10(9)20-2/h4-7,20H,3H2,1-2H3,(H,21,23,24). The van der Waals surface area contributed by atoms with Crippen LogP contribution in [0.5, 0.6) is 0 Å². The van der Waals surface area contributed by atoms with Crippen LogP contribution in [0.1, 0.15) is 23.0 Å². The van der Waals surface area contributed by atoms with E-state index < -0.39 is 17.6 Å². The maximum Gasteiger partial charge on any atom is 0.417 e. The van der Waals surface area contributed by atoms with Crippen molar-refractivity contribution in [2.24, 2.45) is 0 Å². The molecule has 0 saturated heterocycles. The quantitative estimate of drug-likeness (QED) is 0.528. The van der Waals surface area contributed by atoms with Gasteiger partial charge in [0.2, 0.25) is 0 Å². The van der Waals surface area contributed by atoms with Crippen LogP contribution in [-0.2, 0) is 6.18 Å². The van der Waals surface area contributed by atoms with Crippen molar-refractivity contribution in [3.8, 4) is 0 Å². The van der Waals surface area contributed by atoms with E-state index in [4.69, 9.17) is 0 Å². The van der Waals surface area contributed by atoms with Gasteiger partial charge in [-0.3, -0.25) is 4.79 Å². The maximum atomic E-state index is 12.9. The summed E-state index contributed by atoms with van der Waals surface area (Å²) in [6.07, 6.45) is -2.34. The van der Waals surface area contributed by atoms with E-state index in [9.17, 15) is 18.0 Å². The third kappa shape index (κ3) is 4.85. The lowest BCUT2D eigenvalue weighted by molar-refractivity contribution is -0.138. The fourth-order valence-corrected chi connectivity index (χ4v) is 3.08. The molecule has 2 heterocycles. The number of pyridine rings is 2. The number of halogens is 4. The lowest BCUT2D eigenvalue weighted by Crippen LogP contribution is -2.17. The predicted octanol–water partition coefficient (Wildman–Crippen LogP) is 4.66. The van der Waals surface area contributed by atoms with Crippen LogP contribution in [0.2, 0.25) is 0 Å². The highest BCUT2D eigenvalue weighted by atomic mass is 79.9. The first-order chi connectivity index (χ1) is 11.8. The number of thioether (sulfide) groups is 1. The van der Waals surface area contributed by atoms with E-state index in [1.807, 2.05) is 0 Å². The average molecular weight is 435 g/mol. The van der Waals surface area contributed by atoms with Crippen LogP contribution in [0.4, 0.5) is 24.5 Å². The van der Waals surface area contributed by atoms with Gasteiger partial charge in [-0.25, -0.2) is 9.97 Å². The van der Waals surface area contributed by atoms with Crippen LogP contribution in [0, 0.1) is 0 Å². The summed E-state index contributed by atoms with van der Waals surface area (Å²) in [4.78, 5) is 20.5. The number of nitrogens with one attached hydrogen (secondary N) is 2. The molecule has 25 heavy (non-hydrogen) atoms. The van der Waals surface area contributed by atoms with Crippen molar-refractivity contribution in [2.75, 3.05) is 23.4 Å². The Kier molecular flexibility index (Phi) is 6.28. The topological polar surface area (TPSA) is 66.9 Å². The molecule has 0 fully saturated rings. The maximum absolute atomic E-state index is 12.9. The molecule has 0 aliphatic carbocycles. The minimum Gasteiger partial charge on any atom is -0.385 e. The van der Waals surface area contributed by atoms with Gasteiger partial charge < -0.3 is 10.6 Å². The van der Waals surface area contributed by atoms with Gasteiger partial charge in [-0.1, -0.05) is 6.92 Å². The smallest absolute Gasteiger partial charge is 0.385 e. The van der Waals surface area contributed by atoms with Crippen molar-refractivity contribution in [1.29, 1.82) is 0 Å². The minimum absolute atomic E-state index is 0.0603. The third-order valence-electron chi connectivity index (χ3n) is 3.08. The zero-order valence-electron chi connectivity index (χ0n) is 13.2. The molecular formula is C15H14BrF3N4OS. The number of alkyl halides is 3. The largest absolute Gasteiger partial charge is 0.417 e. The van der Waals surface area contributed by atoms with Gasteiger partial charge in [0, 0.05) is 18.1 Å². The Morgan fingerprint density at radius 2 is 1.96 bits per heavy atom. The van der Waals surface area contributed by atoms with Crippen LogP contribution in [-0.4, -0.2) is 28.7 Å². The summed E-state index contributed by atoms with van der Waals surface area (Å²) in [5.41, 5.74) is 0.0501. The predicted molar refractivity (Wildman–Crippen MR) is 95.1 cm³/mol. The zero-order valence-corrected chi connectivity index (χ0v) is 15.6. The highest BCUT2D eigenvalue weighted by Gasteiger charge is 2.32. The zero-order chi connectivity index (χ0) is 18.6. The van der Waals surface area contributed by atoms with Crippen molar-refractivity contribution >= 4 is 45.0 Å². The van der Waals surface area contributed by atoms with Gasteiger partial charge in [-0.05, 0) is 33.8 Å². The van der Waals surface area contributed by atoms with Gasteiger partial charge in [0.05, 0.1) is 23.1 Å². The van der Waals surface area contributed by atoms with Gasteiger partial charge in [0.25, 0.3) is 5.91 Å². The molecule has 134 valence electrons. The number of amides is 1. The van der Waals surface area contributed by atoms with E-state index in [0.717, 1.165) is 17.8 Å². The van der Waals surface area contributed by atoms with Gasteiger partial charge in [-0.2, -0.15) is 13.2 Å². The van der Waals surface area contributed by atoms with Crippen molar-refractivity contribution in [2.45, 2.75) is 18.0 Å². The molecule has 0 radical (unpaired) electrons. The third-order valence-corrected chi connectivity index (χ3v) is 4.43. The molecule has 0 aliphatic heterocycles. The Labute approximate surface area is 155 Å². The normalized spacial score (nSPS) is 11.3. The summed E-state index contributed by atoms with van der Waals surface area (Å²) in [7, 11) is 1.66. The van der Waals surface area contributed by atoms with Gasteiger partial charge in [0.1, 0.15) is 10.3 Å². The van der Waals surface area contributed by atoms with Gasteiger partial charge >= 0.3 is 6.18 Å². The summed E-state index contributed by atoms with van der Waals surface area (Å²) in [6, 6.07) is 2.53. The minimum atomic E-state index is -4.51. The lowest BCUT2D eigenvalue weighted by atomic mass is 10.2. The van der Waals surface area contributed by atoms with Gasteiger partial charge in [0.15, 0.2) is 0 Å². The molecule has 0 spiro atoms. The highest BCUT2D eigenvalue weighted by molar-refractivity contribution is 9.10. The van der Waals surface area contributed by atoms with Crippen molar-refractivity contribution in [3.05, 3.63) is 40.4 Å². The van der Waals surface area contributed by atoms with Crippen LogP contribution in [0.25, 0.3) is 0 Å². The van der Waals surface area contributed by atoms with Crippen LogP contribution < -0.4 is 10.6 Å². The van der Waals surface area contributed by atoms with E-state index in [2.05, 4.69) is 36.5 Å². The first-order valence-corrected chi connectivity index (χ1v) is 8.88. The number of carbonyl (C=O) groups excluding carboxylic acids is 1. The fraction of sp³-hybridized carbons (Fsp3) is 0.267. The number of hydrogen-bond donors (Lipinski definition) is 2. The molecule has 0 bridgehead atoms. The van der Waals surface area contributed by atoms with Crippen LogP contribution in [0.15, 0.2) is 34.0 Å². The molecule has 10 heteroatoms.